The molecule has 0 aliphatic heterocycles. The number of aryl methyl sites for hydroxylation is 1. The predicted octanol–water partition coefficient (Wildman–Crippen LogP) is 6.15. The van der Waals surface area contributed by atoms with Crippen LogP contribution in [0.25, 0.3) is 0 Å². The van der Waals surface area contributed by atoms with Crippen molar-refractivity contribution < 1.29 is 9.59 Å². The number of hydrogen-bond acceptors (Lipinski definition) is 3. The number of carbonyl (C=O) groups excluding carboxylic acids is 2. The van der Waals surface area contributed by atoms with E-state index in [4.69, 9.17) is 11.6 Å². The summed E-state index contributed by atoms with van der Waals surface area (Å²) in [5, 5.41) is 3.72. The molecule has 0 radical (unpaired) electrons. The Labute approximate surface area is 218 Å². The van der Waals surface area contributed by atoms with Gasteiger partial charge >= 0.3 is 0 Å². The number of amides is 2. The lowest BCUT2D eigenvalue weighted by molar-refractivity contribution is -0.139. The number of hydrogen-bond donors (Lipinski definition) is 1. The molecule has 0 spiro atoms. The smallest absolute Gasteiger partial charge is 0.243 e. The molecule has 4 nitrogen and oxygen atoms in total. The van der Waals surface area contributed by atoms with Crippen LogP contribution < -0.4 is 5.32 Å². The molecule has 184 valence electrons. The lowest BCUT2D eigenvalue weighted by Gasteiger charge is -2.32. The summed E-state index contributed by atoms with van der Waals surface area (Å²) >= 11 is 7.46. The minimum absolute atomic E-state index is 0.0768. The van der Waals surface area contributed by atoms with E-state index in [0.29, 0.717) is 30.5 Å². The fourth-order valence-electron chi connectivity index (χ4n) is 3.74. The van der Waals surface area contributed by atoms with Crippen LogP contribution in [0, 0.1) is 12.8 Å². The van der Waals surface area contributed by atoms with E-state index in [2.05, 4.69) is 25.2 Å². The summed E-state index contributed by atoms with van der Waals surface area (Å²) in [5.74, 6) is 0.348. The highest BCUT2D eigenvalue weighted by molar-refractivity contribution is 8.00. The maximum absolute atomic E-state index is 13.6. The minimum Gasteiger partial charge on any atom is -0.354 e. The van der Waals surface area contributed by atoms with Gasteiger partial charge in [-0.15, -0.1) is 11.8 Å². The Kier molecular flexibility index (Phi) is 10.2. The van der Waals surface area contributed by atoms with Crippen molar-refractivity contribution in [2.75, 3.05) is 12.3 Å². The van der Waals surface area contributed by atoms with Crippen molar-refractivity contribution >= 4 is 35.2 Å². The van der Waals surface area contributed by atoms with E-state index in [1.54, 1.807) is 4.90 Å². The van der Waals surface area contributed by atoms with E-state index in [9.17, 15) is 9.59 Å². The molecular weight excluding hydrogens is 476 g/mol. The molecule has 0 aliphatic rings. The molecule has 2 amide bonds. The van der Waals surface area contributed by atoms with Gasteiger partial charge in [-0.2, -0.15) is 0 Å². The van der Waals surface area contributed by atoms with Gasteiger partial charge < -0.3 is 10.2 Å². The standard InChI is InChI=1S/C29H33ClN2O2S/c1-21(2)18-31-29(34)27(17-23-9-5-4-6-10-23)32(19-24-11-7-8-22(3)16-24)28(33)20-35-26-14-12-25(30)13-15-26/h4-16,21,27H,17-20H2,1-3H3,(H,31,34)/t27-/m1/s1. The fraction of sp³-hybridized carbons (Fsp3) is 0.310. The van der Waals surface area contributed by atoms with E-state index in [-0.39, 0.29) is 17.6 Å². The number of benzene rings is 3. The maximum Gasteiger partial charge on any atom is 0.243 e. The number of carbonyl (C=O) groups is 2. The van der Waals surface area contributed by atoms with Gasteiger partial charge in [0.25, 0.3) is 0 Å². The van der Waals surface area contributed by atoms with Crippen molar-refractivity contribution in [1.29, 1.82) is 0 Å². The van der Waals surface area contributed by atoms with Crippen LogP contribution in [-0.2, 0) is 22.6 Å². The Morgan fingerprint density at radius 1 is 0.943 bits per heavy atom. The lowest BCUT2D eigenvalue weighted by atomic mass is 10.0. The minimum atomic E-state index is -0.616. The second kappa shape index (κ2) is 13.4. The average molecular weight is 509 g/mol. The molecule has 35 heavy (non-hydrogen) atoms. The van der Waals surface area contributed by atoms with E-state index in [1.807, 2.05) is 79.7 Å². The first-order valence-corrected chi connectivity index (χ1v) is 13.2. The molecule has 0 bridgehead atoms. The molecular formula is C29H33ClN2O2S. The predicted molar refractivity (Wildman–Crippen MR) is 146 cm³/mol. The van der Waals surface area contributed by atoms with Crippen LogP contribution in [0.2, 0.25) is 5.02 Å². The highest BCUT2D eigenvalue weighted by atomic mass is 35.5. The summed E-state index contributed by atoms with van der Waals surface area (Å²) in [6.45, 7) is 7.09. The third kappa shape index (κ3) is 8.75. The zero-order valence-electron chi connectivity index (χ0n) is 20.5. The SMILES string of the molecule is Cc1cccc(CN(C(=O)CSc2ccc(Cl)cc2)[C@H](Cc2ccccc2)C(=O)NCC(C)C)c1. The highest BCUT2D eigenvalue weighted by Gasteiger charge is 2.30. The number of nitrogens with one attached hydrogen (secondary N) is 1. The van der Waals surface area contributed by atoms with Crippen molar-refractivity contribution in [1.82, 2.24) is 10.2 Å². The van der Waals surface area contributed by atoms with Crippen LogP contribution in [0.5, 0.6) is 0 Å². The molecule has 0 aromatic heterocycles. The molecule has 1 N–H and O–H groups in total. The van der Waals surface area contributed by atoms with Crippen LogP contribution in [0.15, 0.2) is 83.8 Å². The molecule has 3 aromatic rings. The van der Waals surface area contributed by atoms with Crippen molar-refractivity contribution in [3.63, 3.8) is 0 Å². The first-order valence-electron chi connectivity index (χ1n) is 11.9. The number of thioether (sulfide) groups is 1. The van der Waals surface area contributed by atoms with E-state index in [1.165, 1.54) is 11.8 Å². The molecule has 0 heterocycles. The Bertz CT molecular complexity index is 1100. The third-order valence-corrected chi connectivity index (χ3v) is 6.82. The number of nitrogens with zero attached hydrogens (tertiary/aromatic N) is 1. The summed E-state index contributed by atoms with van der Waals surface area (Å²) in [6.07, 6.45) is 0.452. The molecule has 0 aliphatic carbocycles. The molecule has 0 saturated heterocycles. The van der Waals surface area contributed by atoms with Gasteiger partial charge in [0.1, 0.15) is 6.04 Å². The topological polar surface area (TPSA) is 49.4 Å². The normalized spacial score (nSPS) is 11.8. The zero-order valence-corrected chi connectivity index (χ0v) is 22.1. The quantitative estimate of drug-likeness (QED) is 0.316. The van der Waals surface area contributed by atoms with Gasteiger partial charge in [0, 0.05) is 29.4 Å². The van der Waals surface area contributed by atoms with E-state index >= 15 is 0 Å². The summed E-state index contributed by atoms with van der Waals surface area (Å²) < 4.78 is 0. The summed E-state index contributed by atoms with van der Waals surface area (Å²) in [7, 11) is 0. The van der Waals surface area contributed by atoms with Crippen LogP contribution in [0.3, 0.4) is 0 Å². The third-order valence-electron chi connectivity index (χ3n) is 5.57. The molecule has 0 unspecified atom stereocenters. The van der Waals surface area contributed by atoms with Gasteiger partial charge in [-0.25, -0.2) is 0 Å². The fourth-order valence-corrected chi connectivity index (χ4v) is 4.65. The zero-order chi connectivity index (χ0) is 25.2. The van der Waals surface area contributed by atoms with Gasteiger partial charge in [0.05, 0.1) is 5.75 Å². The van der Waals surface area contributed by atoms with Crippen molar-refractivity contribution in [2.45, 2.75) is 44.7 Å². The molecule has 1 atom stereocenters. The second-order valence-corrected chi connectivity index (χ2v) is 10.6. The van der Waals surface area contributed by atoms with Gasteiger partial charge in [0.2, 0.25) is 11.8 Å². The molecule has 0 saturated carbocycles. The monoisotopic (exact) mass is 508 g/mol. The Morgan fingerprint density at radius 3 is 2.29 bits per heavy atom. The largest absolute Gasteiger partial charge is 0.354 e. The van der Waals surface area contributed by atoms with Crippen molar-refractivity contribution in [3.8, 4) is 0 Å². The number of rotatable bonds is 11. The van der Waals surface area contributed by atoms with Crippen molar-refractivity contribution in [3.05, 3.63) is 101 Å². The molecule has 3 rings (SSSR count). The average Bonchev–Trinajstić information content (AvgIpc) is 2.85. The Balaban J connectivity index is 1.89. The number of halogens is 1. The molecule has 0 fully saturated rings. The Hall–Kier alpha value is -2.76. The van der Waals surface area contributed by atoms with Gasteiger partial charge in [0.15, 0.2) is 0 Å². The van der Waals surface area contributed by atoms with Gasteiger partial charge in [-0.3, -0.25) is 9.59 Å². The Morgan fingerprint density at radius 2 is 1.63 bits per heavy atom. The van der Waals surface area contributed by atoms with Gasteiger partial charge in [-0.05, 0) is 48.2 Å². The van der Waals surface area contributed by atoms with E-state index < -0.39 is 6.04 Å². The second-order valence-electron chi connectivity index (χ2n) is 9.10. The lowest BCUT2D eigenvalue weighted by Crippen LogP contribution is -2.51. The summed E-state index contributed by atoms with van der Waals surface area (Å²) in [4.78, 5) is 29.8. The van der Waals surface area contributed by atoms with Crippen LogP contribution >= 0.6 is 23.4 Å². The highest BCUT2D eigenvalue weighted by Crippen LogP contribution is 2.23. The van der Waals surface area contributed by atoms with Crippen LogP contribution in [-0.4, -0.2) is 35.1 Å². The molecule has 6 heteroatoms. The molecule has 3 aromatic carbocycles. The summed E-state index contributed by atoms with van der Waals surface area (Å²) in [5.41, 5.74) is 3.14. The summed E-state index contributed by atoms with van der Waals surface area (Å²) in [6, 6.07) is 24.8. The van der Waals surface area contributed by atoms with Crippen molar-refractivity contribution in [2.24, 2.45) is 5.92 Å². The first-order chi connectivity index (χ1) is 16.8. The van der Waals surface area contributed by atoms with E-state index in [0.717, 1.165) is 21.6 Å². The van der Waals surface area contributed by atoms with Crippen LogP contribution in [0.1, 0.15) is 30.5 Å². The first kappa shape index (κ1) is 26.8. The van der Waals surface area contributed by atoms with Crippen LogP contribution in [0.4, 0.5) is 0 Å². The van der Waals surface area contributed by atoms with Gasteiger partial charge in [-0.1, -0.05) is 85.6 Å². The maximum atomic E-state index is 13.6.